The molecular formula is C18H14N4O2S. The van der Waals surface area contributed by atoms with Gasteiger partial charge < -0.3 is 9.68 Å². The molecule has 0 saturated heterocycles. The van der Waals surface area contributed by atoms with Crippen LogP contribution in [0.5, 0.6) is 0 Å². The van der Waals surface area contributed by atoms with E-state index in [-0.39, 0.29) is 11.4 Å². The monoisotopic (exact) mass is 350 g/mol. The van der Waals surface area contributed by atoms with E-state index in [1.165, 1.54) is 14.2 Å². The van der Waals surface area contributed by atoms with Gasteiger partial charge in [-0.1, -0.05) is 46.3 Å². The SMILES string of the molecule is CON=C(C#N)c1ccc(Sc2ccc(C(C#N)=NOC)cc2)cc1. The van der Waals surface area contributed by atoms with Crippen molar-refractivity contribution in [1.82, 2.24) is 0 Å². The average molecular weight is 350 g/mol. The summed E-state index contributed by atoms with van der Waals surface area (Å²) in [7, 11) is 2.81. The van der Waals surface area contributed by atoms with Gasteiger partial charge >= 0.3 is 0 Å². The first-order chi connectivity index (χ1) is 12.2. The zero-order chi connectivity index (χ0) is 18.1. The van der Waals surface area contributed by atoms with Gasteiger partial charge in [0.05, 0.1) is 0 Å². The largest absolute Gasteiger partial charge is 0.398 e. The number of oxime groups is 2. The Bertz CT molecular complexity index is 786. The zero-order valence-corrected chi connectivity index (χ0v) is 14.4. The maximum Gasteiger partial charge on any atom is 0.186 e. The molecule has 0 spiro atoms. The number of nitriles is 2. The summed E-state index contributed by atoms with van der Waals surface area (Å²) in [5, 5.41) is 25.4. The fourth-order valence-corrected chi connectivity index (χ4v) is 2.77. The van der Waals surface area contributed by atoms with Gasteiger partial charge in [-0.05, 0) is 24.3 Å². The maximum atomic E-state index is 9.04. The van der Waals surface area contributed by atoms with E-state index in [0.29, 0.717) is 11.1 Å². The third kappa shape index (κ3) is 4.84. The van der Waals surface area contributed by atoms with Crippen molar-refractivity contribution in [2.75, 3.05) is 14.2 Å². The molecule has 0 unspecified atom stereocenters. The zero-order valence-electron chi connectivity index (χ0n) is 13.6. The van der Waals surface area contributed by atoms with Crippen molar-refractivity contribution in [2.24, 2.45) is 10.3 Å². The van der Waals surface area contributed by atoms with Crippen molar-refractivity contribution in [3.63, 3.8) is 0 Å². The lowest BCUT2D eigenvalue weighted by molar-refractivity contribution is 0.214. The van der Waals surface area contributed by atoms with Crippen molar-refractivity contribution in [3.8, 4) is 12.1 Å². The molecule has 0 heterocycles. The van der Waals surface area contributed by atoms with Crippen LogP contribution in [0.2, 0.25) is 0 Å². The van der Waals surface area contributed by atoms with E-state index in [4.69, 9.17) is 10.5 Å². The predicted molar refractivity (Wildman–Crippen MR) is 95.3 cm³/mol. The Morgan fingerprint density at radius 1 is 0.760 bits per heavy atom. The highest BCUT2D eigenvalue weighted by Gasteiger charge is 2.06. The standard InChI is InChI=1S/C18H14N4O2S/c1-23-21-17(11-19)13-3-7-15(8-4-13)25-16-9-5-14(6-10-16)18(12-20)22-24-2/h3-10H,1-2H3. The summed E-state index contributed by atoms with van der Waals surface area (Å²) in [6, 6.07) is 18.9. The van der Waals surface area contributed by atoms with Crippen LogP contribution in [0.3, 0.4) is 0 Å². The lowest BCUT2D eigenvalue weighted by atomic mass is 10.1. The van der Waals surface area contributed by atoms with E-state index in [9.17, 15) is 0 Å². The molecule has 0 atom stereocenters. The molecule has 0 radical (unpaired) electrons. The van der Waals surface area contributed by atoms with Crippen molar-refractivity contribution >= 4 is 23.2 Å². The Labute approximate surface area is 150 Å². The number of hydrogen-bond acceptors (Lipinski definition) is 7. The van der Waals surface area contributed by atoms with Crippen LogP contribution in [-0.2, 0) is 9.68 Å². The van der Waals surface area contributed by atoms with Gasteiger partial charge in [-0.25, -0.2) is 0 Å². The molecule has 0 aliphatic heterocycles. The van der Waals surface area contributed by atoms with Crippen LogP contribution in [0.4, 0.5) is 0 Å². The second-order valence-corrected chi connectivity index (χ2v) is 5.77. The van der Waals surface area contributed by atoms with Crippen LogP contribution in [0.15, 0.2) is 68.6 Å². The van der Waals surface area contributed by atoms with Crippen LogP contribution < -0.4 is 0 Å². The summed E-state index contributed by atoms with van der Waals surface area (Å²) < 4.78 is 0. The first-order valence-electron chi connectivity index (χ1n) is 7.13. The highest BCUT2D eigenvalue weighted by Crippen LogP contribution is 2.28. The quantitative estimate of drug-likeness (QED) is 0.586. The van der Waals surface area contributed by atoms with E-state index in [1.54, 1.807) is 11.8 Å². The predicted octanol–water partition coefficient (Wildman–Crippen LogP) is 3.59. The summed E-state index contributed by atoms with van der Waals surface area (Å²) in [4.78, 5) is 11.3. The Balaban J connectivity index is 2.13. The van der Waals surface area contributed by atoms with E-state index >= 15 is 0 Å². The number of benzene rings is 2. The van der Waals surface area contributed by atoms with Crippen molar-refractivity contribution in [3.05, 3.63) is 59.7 Å². The molecule has 0 bridgehead atoms. The smallest absolute Gasteiger partial charge is 0.186 e. The van der Waals surface area contributed by atoms with E-state index in [2.05, 4.69) is 20.0 Å². The summed E-state index contributed by atoms with van der Waals surface area (Å²) >= 11 is 1.56. The highest BCUT2D eigenvalue weighted by molar-refractivity contribution is 7.99. The minimum absolute atomic E-state index is 0.227. The molecule has 25 heavy (non-hydrogen) atoms. The van der Waals surface area contributed by atoms with Crippen LogP contribution in [0, 0.1) is 22.7 Å². The molecule has 7 heteroatoms. The summed E-state index contributed by atoms with van der Waals surface area (Å²) in [6.07, 6.45) is 0. The second kappa shape index (κ2) is 9.11. The molecular weight excluding hydrogens is 336 g/mol. The topological polar surface area (TPSA) is 90.8 Å². The third-order valence-electron chi connectivity index (χ3n) is 3.07. The fourth-order valence-electron chi connectivity index (χ4n) is 1.96. The molecule has 0 fully saturated rings. The first kappa shape index (κ1) is 18.1. The molecule has 0 aliphatic carbocycles. The number of nitrogens with zero attached hydrogens (tertiary/aromatic N) is 4. The Hall–Kier alpha value is -3.29. The van der Waals surface area contributed by atoms with Crippen LogP contribution in [0.25, 0.3) is 0 Å². The molecule has 0 aliphatic rings. The number of hydrogen-bond donors (Lipinski definition) is 0. The minimum Gasteiger partial charge on any atom is -0.398 e. The van der Waals surface area contributed by atoms with Crippen molar-refractivity contribution < 1.29 is 9.68 Å². The minimum atomic E-state index is 0.227. The summed E-state index contributed by atoms with van der Waals surface area (Å²) in [5.41, 5.74) is 1.84. The molecule has 0 saturated carbocycles. The van der Waals surface area contributed by atoms with Gasteiger partial charge in [-0.15, -0.1) is 0 Å². The lowest BCUT2D eigenvalue weighted by Crippen LogP contribution is -1.97. The lowest BCUT2D eigenvalue weighted by Gasteiger charge is -2.04. The van der Waals surface area contributed by atoms with Gasteiger partial charge in [-0.3, -0.25) is 0 Å². The van der Waals surface area contributed by atoms with Gasteiger partial charge in [0, 0.05) is 20.9 Å². The molecule has 0 N–H and O–H groups in total. The first-order valence-corrected chi connectivity index (χ1v) is 7.94. The van der Waals surface area contributed by atoms with Gasteiger partial charge in [0.1, 0.15) is 26.4 Å². The van der Waals surface area contributed by atoms with Crippen molar-refractivity contribution in [2.45, 2.75) is 9.79 Å². The molecule has 2 aromatic rings. The van der Waals surface area contributed by atoms with Crippen molar-refractivity contribution in [1.29, 1.82) is 10.5 Å². The van der Waals surface area contributed by atoms with Gasteiger partial charge in [0.2, 0.25) is 0 Å². The molecule has 2 aromatic carbocycles. The van der Waals surface area contributed by atoms with Crippen LogP contribution in [0.1, 0.15) is 11.1 Å². The third-order valence-corrected chi connectivity index (χ3v) is 4.08. The van der Waals surface area contributed by atoms with Crippen LogP contribution in [-0.4, -0.2) is 25.6 Å². The van der Waals surface area contributed by atoms with Gasteiger partial charge in [-0.2, -0.15) is 10.5 Å². The molecule has 2 rings (SSSR count). The summed E-state index contributed by atoms with van der Waals surface area (Å²) in [5.74, 6) is 0. The van der Waals surface area contributed by atoms with Crippen LogP contribution >= 0.6 is 11.8 Å². The van der Waals surface area contributed by atoms with Gasteiger partial charge in [0.25, 0.3) is 0 Å². The molecule has 6 nitrogen and oxygen atoms in total. The highest BCUT2D eigenvalue weighted by atomic mass is 32.2. The van der Waals surface area contributed by atoms with Gasteiger partial charge in [0.15, 0.2) is 11.4 Å². The average Bonchev–Trinajstić information content (AvgIpc) is 2.66. The Morgan fingerprint density at radius 3 is 1.40 bits per heavy atom. The molecule has 0 aromatic heterocycles. The summed E-state index contributed by atoms with van der Waals surface area (Å²) in [6.45, 7) is 0. The Kier molecular flexibility index (Phi) is 6.58. The van der Waals surface area contributed by atoms with E-state index in [1.807, 2.05) is 60.7 Å². The van der Waals surface area contributed by atoms with E-state index < -0.39 is 0 Å². The fraction of sp³-hybridized carbons (Fsp3) is 0.111. The number of rotatable bonds is 6. The second-order valence-electron chi connectivity index (χ2n) is 4.62. The molecule has 124 valence electrons. The van der Waals surface area contributed by atoms with E-state index in [0.717, 1.165) is 9.79 Å². The normalized spacial score (nSPS) is 11.4. The Morgan fingerprint density at radius 2 is 1.12 bits per heavy atom. The molecule has 0 amide bonds. The maximum absolute atomic E-state index is 9.04.